The highest BCUT2D eigenvalue weighted by Gasteiger charge is 2.09. The van der Waals surface area contributed by atoms with E-state index in [4.69, 9.17) is 5.73 Å². The van der Waals surface area contributed by atoms with Crippen LogP contribution >= 0.6 is 31.9 Å². The van der Waals surface area contributed by atoms with Gasteiger partial charge >= 0.3 is 0 Å². The highest BCUT2D eigenvalue weighted by Crippen LogP contribution is 2.32. The Balaban J connectivity index is 2.90. The van der Waals surface area contributed by atoms with E-state index in [-0.39, 0.29) is 5.91 Å². The number of benzene rings is 1. The smallest absolute Gasteiger partial charge is 0.224 e. The molecule has 0 radical (unpaired) electrons. The van der Waals surface area contributed by atoms with E-state index < -0.39 is 0 Å². The van der Waals surface area contributed by atoms with Gasteiger partial charge in [0.05, 0.1) is 11.4 Å². The van der Waals surface area contributed by atoms with Gasteiger partial charge in [-0.25, -0.2) is 0 Å². The van der Waals surface area contributed by atoms with Crippen molar-refractivity contribution in [3.63, 3.8) is 0 Å². The zero-order chi connectivity index (χ0) is 11.4. The van der Waals surface area contributed by atoms with Crippen molar-refractivity contribution >= 4 is 49.1 Å². The molecule has 3 nitrogen and oxygen atoms in total. The highest BCUT2D eigenvalue weighted by molar-refractivity contribution is 9.11. The van der Waals surface area contributed by atoms with Gasteiger partial charge in [0.15, 0.2) is 0 Å². The molecular weight excluding hydrogens is 324 g/mol. The maximum absolute atomic E-state index is 11.4. The second-order valence-electron chi connectivity index (χ2n) is 3.15. The van der Waals surface area contributed by atoms with Crippen LogP contribution in [0.5, 0.6) is 0 Å². The van der Waals surface area contributed by atoms with Crippen LogP contribution in [0, 0.1) is 0 Å². The number of nitrogens with one attached hydrogen (secondary N) is 1. The fourth-order valence-electron chi connectivity index (χ4n) is 1.15. The van der Waals surface area contributed by atoms with Crippen molar-refractivity contribution in [2.45, 2.75) is 19.8 Å². The molecule has 0 saturated carbocycles. The van der Waals surface area contributed by atoms with E-state index in [1.165, 1.54) is 0 Å². The molecule has 1 aromatic carbocycles. The molecule has 0 fully saturated rings. The van der Waals surface area contributed by atoms with Gasteiger partial charge in [-0.05, 0) is 34.5 Å². The maximum atomic E-state index is 11.4. The molecular formula is C10H12Br2N2O. The lowest BCUT2D eigenvalue weighted by atomic mass is 10.2. The van der Waals surface area contributed by atoms with E-state index in [9.17, 15) is 4.79 Å². The highest BCUT2D eigenvalue weighted by atomic mass is 79.9. The van der Waals surface area contributed by atoms with Crippen molar-refractivity contribution < 1.29 is 4.79 Å². The zero-order valence-electron chi connectivity index (χ0n) is 8.31. The summed E-state index contributed by atoms with van der Waals surface area (Å²) < 4.78 is 1.65. The molecule has 0 aliphatic rings. The minimum Gasteiger partial charge on any atom is -0.397 e. The minimum absolute atomic E-state index is 0.0211. The summed E-state index contributed by atoms with van der Waals surface area (Å²) in [6.45, 7) is 1.96. The van der Waals surface area contributed by atoms with Crippen molar-refractivity contribution in [1.82, 2.24) is 0 Å². The number of hydrogen-bond donors (Lipinski definition) is 2. The lowest BCUT2D eigenvalue weighted by Gasteiger charge is -2.10. The zero-order valence-corrected chi connectivity index (χ0v) is 11.5. The fraction of sp³-hybridized carbons (Fsp3) is 0.300. The number of carbonyl (C=O) groups is 1. The first-order valence-corrected chi connectivity index (χ1v) is 6.17. The molecule has 0 aliphatic carbocycles. The van der Waals surface area contributed by atoms with E-state index in [0.717, 1.165) is 15.4 Å². The van der Waals surface area contributed by atoms with Crippen molar-refractivity contribution in [2.24, 2.45) is 0 Å². The van der Waals surface area contributed by atoms with Gasteiger partial charge in [-0.15, -0.1) is 0 Å². The average molecular weight is 336 g/mol. The minimum atomic E-state index is -0.0211. The van der Waals surface area contributed by atoms with Gasteiger partial charge in [-0.2, -0.15) is 0 Å². The van der Waals surface area contributed by atoms with Crippen molar-refractivity contribution in [2.75, 3.05) is 11.1 Å². The summed E-state index contributed by atoms with van der Waals surface area (Å²) in [6.07, 6.45) is 1.32. The second-order valence-corrected chi connectivity index (χ2v) is 4.92. The molecule has 1 rings (SSSR count). The quantitative estimate of drug-likeness (QED) is 0.830. The molecule has 0 aromatic heterocycles. The molecule has 5 heteroatoms. The van der Waals surface area contributed by atoms with Gasteiger partial charge in [0.1, 0.15) is 0 Å². The largest absolute Gasteiger partial charge is 0.397 e. The SMILES string of the molecule is CCCC(=O)Nc1c(N)cc(Br)cc1Br. The Morgan fingerprint density at radius 2 is 2.13 bits per heavy atom. The van der Waals surface area contributed by atoms with Gasteiger partial charge in [-0.1, -0.05) is 22.9 Å². The third-order valence-electron chi connectivity index (χ3n) is 1.83. The van der Waals surface area contributed by atoms with Crippen molar-refractivity contribution in [3.05, 3.63) is 21.1 Å². The number of rotatable bonds is 3. The number of carbonyl (C=O) groups excluding carboxylic acids is 1. The normalized spacial score (nSPS) is 10.1. The Labute approximate surface area is 106 Å². The van der Waals surface area contributed by atoms with Crippen LogP contribution in [0.1, 0.15) is 19.8 Å². The van der Waals surface area contributed by atoms with Crippen LogP contribution in [0.4, 0.5) is 11.4 Å². The summed E-state index contributed by atoms with van der Waals surface area (Å²) in [5.41, 5.74) is 6.97. The monoisotopic (exact) mass is 334 g/mol. The molecule has 15 heavy (non-hydrogen) atoms. The third kappa shape index (κ3) is 3.50. The molecule has 0 unspecified atom stereocenters. The van der Waals surface area contributed by atoms with Crippen LogP contribution in [-0.4, -0.2) is 5.91 Å². The number of nitrogen functional groups attached to an aromatic ring is 1. The maximum Gasteiger partial charge on any atom is 0.224 e. The molecule has 0 bridgehead atoms. The molecule has 0 spiro atoms. The number of nitrogens with two attached hydrogens (primary N) is 1. The lowest BCUT2D eigenvalue weighted by molar-refractivity contribution is -0.116. The summed E-state index contributed by atoms with van der Waals surface area (Å²) in [4.78, 5) is 11.4. The lowest BCUT2D eigenvalue weighted by Crippen LogP contribution is -2.12. The average Bonchev–Trinajstić information content (AvgIpc) is 2.11. The third-order valence-corrected chi connectivity index (χ3v) is 2.91. The number of halogens is 2. The topological polar surface area (TPSA) is 55.1 Å². The molecule has 1 aromatic rings. The molecule has 0 saturated heterocycles. The fourth-order valence-corrected chi connectivity index (χ4v) is 2.51. The predicted molar refractivity (Wildman–Crippen MR) is 69.8 cm³/mol. The second kappa shape index (κ2) is 5.51. The Bertz CT molecular complexity index is 357. The van der Waals surface area contributed by atoms with Gasteiger partial charge in [-0.3, -0.25) is 4.79 Å². The van der Waals surface area contributed by atoms with Gasteiger partial charge in [0.25, 0.3) is 0 Å². The molecule has 0 heterocycles. The van der Waals surface area contributed by atoms with E-state index in [2.05, 4.69) is 37.2 Å². The van der Waals surface area contributed by atoms with Gasteiger partial charge in [0, 0.05) is 15.4 Å². The predicted octanol–water partition coefficient (Wildman–Crippen LogP) is 3.53. The van der Waals surface area contributed by atoms with Crippen LogP contribution in [0.2, 0.25) is 0 Å². The number of anilines is 2. The van der Waals surface area contributed by atoms with Crippen LogP contribution in [0.25, 0.3) is 0 Å². The molecule has 0 atom stereocenters. The van der Waals surface area contributed by atoms with Gasteiger partial charge < -0.3 is 11.1 Å². The van der Waals surface area contributed by atoms with Gasteiger partial charge in [0.2, 0.25) is 5.91 Å². The number of amides is 1. The summed E-state index contributed by atoms with van der Waals surface area (Å²) in [6, 6.07) is 3.60. The standard InChI is InChI=1S/C10H12Br2N2O/c1-2-3-9(15)14-10-7(12)4-6(11)5-8(10)13/h4-5H,2-3,13H2,1H3,(H,14,15). The van der Waals surface area contributed by atoms with Crippen molar-refractivity contribution in [1.29, 1.82) is 0 Å². The Morgan fingerprint density at radius 1 is 1.47 bits per heavy atom. The first-order valence-electron chi connectivity index (χ1n) is 4.59. The summed E-state index contributed by atoms with van der Waals surface area (Å²) in [5.74, 6) is -0.0211. The van der Waals surface area contributed by atoms with Crippen molar-refractivity contribution in [3.8, 4) is 0 Å². The van der Waals surface area contributed by atoms with Crippen LogP contribution in [0.3, 0.4) is 0 Å². The Kier molecular flexibility index (Phi) is 4.60. The molecule has 1 amide bonds. The van der Waals surface area contributed by atoms with Crippen LogP contribution in [-0.2, 0) is 4.79 Å². The summed E-state index contributed by atoms with van der Waals surface area (Å²) >= 11 is 6.67. The van der Waals surface area contributed by atoms with Crippen LogP contribution < -0.4 is 11.1 Å². The summed E-state index contributed by atoms with van der Waals surface area (Å²) in [5, 5.41) is 2.77. The first-order chi connectivity index (χ1) is 7.04. The van der Waals surface area contributed by atoms with E-state index in [0.29, 0.717) is 17.8 Å². The van der Waals surface area contributed by atoms with E-state index in [1.807, 2.05) is 13.0 Å². The van der Waals surface area contributed by atoms with E-state index >= 15 is 0 Å². The summed E-state index contributed by atoms with van der Waals surface area (Å²) in [7, 11) is 0. The number of hydrogen-bond acceptors (Lipinski definition) is 2. The molecule has 0 aliphatic heterocycles. The molecule has 82 valence electrons. The Morgan fingerprint density at radius 3 is 2.67 bits per heavy atom. The molecule has 3 N–H and O–H groups in total. The Hall–Kier alpha value is -0.550. The van der Waals surface area contributed by atoms with Crippen LogP contribution in [0.15, 0.2) is 21.1 Å². The first kappa shape index (κ1) is 12.5. The van der Waals surface area contributed by atoms with E-state index in [1.54, 1.807) is 6.07 Å².